The quantitative estimate of drug-likeness (QED) is 0.651. The molecule has 0 heterocycles. The summed E-state index contributed by atoms with van der Waals surface area (Å²) in [4.78, 5) is 0. The summed E-state index contributed by atoms with van der Waals surface area (Å²) < 4.78 is 27.3. The van der Waals surface area contributed by atoms with Gasteiger partial charge in [0.1, 0.15) is 0 Å². The lowest BCUT2D eigenvalue weighted by atomic mass is 9.93. The molecule has 4 heteroatoms. The number of rotatable bonds is 3. The van der Waals surface area contributed by atoms with Crippen LogP contribution in [0.5, 0.6) is 0 Å². The predicted octanol–water partition coefficient (Wildman–Crippen LogP) is 2.76. The molecule has 2 nitrogen and oxygen atoms in total. The Morgan fingerprint density at radius 1 is 1.16 bits per heavy atom. The molecule has 1 aromatic rings. The number of hydrazine groups is 1. The highest BCUT2D eigenvalue weighted by Gasteiger charge is 2.66. The molecular weight excluding hydrogens is 246 g/mol. The largest absolute Gasteiger partial charge is 0.271 e. The van der Waals surface area contributed by atoms with Crippen LogP contribution in [0.3, 0.4) is 0 Å². The van der Waals surface area contributed by atoms with E-state index in [0.717, 1.165) is 17.9 Å². The molecule has 3 aliphatic carbocycles. The van der Waals surface area contributed by atoms with Crippen molar-refractivity contribution in [3.63, 3.8) is 0 Å². The van der Waals surface area contributed by atoms with Gasteiger partial charge in [-0.2, -0.15) is 0 Å². The lowest BCUT2D eigenvalue weighted by Gasteiger charge is -2.20. The fourth-order valence-electron chi connectivity index (χ4n) is 5.01. The summed E-state index contributed by atoms with van der Waals surface area (Å²) in [6.45, 7) is 0. The molecule has 19 heavy (non-hydrogen) atoms. The van der Waals surface area contributed by atoms with Crippen molar-refractivity contribution >= 4 is 0 Å². The topological polar surface area (TPSA) is 38.0 Å². The van der Waals surface area contributed by atoms with E-state index in [9.17, 15) is 8.78 Å². The third-order valence-electron chi connectivity index (χ3n) is 5.68. The summed E-state index contributed by atoms with van der Waals surface area (Å²) in [5.41, 5.74) is 3.13. The number of nitrogens with one attached hydrogen (secondary N) is 1. The fourth-order valence-corrected chi connectivity index (χ4v) is 5.01. The van der Waals surface area contributed by atoms with Gasteiger partial charge in [0.05, 0.1) is 6.04 Å². The van der Waals surface area contributed by atoms with Gasteiger partial charge in [-0.25, -0.2) is 8.78 Å². The highest BCUT2D eigenvalue weighted by molar-refractivity contribution is 5.28. The van der Waals surface area contributed by atoms with E-state index in [1.54, 1.807) is 12.1 Å². The van der Waals surface area contributed by atoms with E-state index in [1.807, 2.05) is 0 Å². The van der Waals surface area contributed by atoms with Crippen LogP contribution in [0.25, 0.3) is 0 Å². The first-order valence-corrected chi connectivity index (χ1v) is 7.12. The summed E-state index contributed by atoms with van der Waals surface area (Å²) in [7, 11) is 0. The molecule has 0 spiro atoms. The zero-order valence-corrected chi connectivity index (χ0v) is 10.7. The van der Waals surface area contributed by atoms with Gasteiger partial charge in [-0.15, -0.1) is 0 Å². The van der Waals surface area contributed by atoms with Crippen molar-refractivity contribution in [3.8, 4) is 0 Å². The van der Waals surface area contributed by atoms with Crippen molar-refractivity contribution in [2.75, 3.05) is 0 Å². The first-order valence-electron chi connectivity index (χ1n) is 7.12. The van der Waals surface area contributed by atoms with Gasteiger partial charge in [-0.1, -0.05) is 12.1 Å². The molecule has 5 atom stereocenters. The van der Waals surface area contributed by atoms with Crippen LogP contribution >= 0.6 is 0 Å². The van der Waals surface area contributed by atoms with Gasteiger partial charge in [-0.3, -0.25) is 11.3 Å². The normalized spacial score (nSPS) is 40.3. The van der Waals surface area contributed by atoms with E-state index in [0.29, 0.717) is 23.3 Å². The van der Waals surface area contributed by atoms with Gasteiger partial charge in [0.2, 0.25) is 0 Å². The molecular formula is C15H18F2N2. The molecule has 0 aliphatic heterocycles. The van der Waals surface area contributed by atoms with Crippen LogP contribution in [0.2, 0.25) is 0 Å². The minimum absolute atomic E-state index is 0.242. The van der Waals surface area contributed by atoms with Crippen LogP contribution in [0.4, 0.5) is 8.78 Å². The molecule has 0 aromatic heterocycles. The molecule has 1 aromatic carbocycles. The van der Waals surface area contributed by atoms with Gasteiger partial charge < -0.3 is 0 Å². The van der Waals surface area contributed by atoms with Crippen molar-refractivity contribution in [2.45, 2.75) is 25.3 Å². The lowest BCUT2D eigenvalue weighted by molar-refractivity contribution is 0.361. The molecule has 2 bridgehead atoms. The summed E-state index contributed by atoms with van der Waals surface area (Å²) in [6.07, 6.45) is 3.96. The second kappa shape index (κ2) is 4.00. The third-order valence-corrected chi connectivity index (χ3v) is 5.68. The summed E-state index contributed by atoms with van der Waals surface area (Å²) in [5.74, 6) is 7.47. The Bertz CT molecular complexity index is 503. The Morgan fingerprint density at radius 2 is 1.84 bits per heavy atom. The minimum atomic E-state index is -0.786. The summed E-state index contributed by atoms with van der Waals surface area (Å²) >= 11 is 0. The van der Waals surface area contributed by atoms with Crippen molar-refractivity contribution in [2.24, 2.45) is 35.4 Å². The van der Waals surface area contributed by atoms with E-state index in [2.05, 4.69) is 5.43 Å². The van der Waals surface area contributed by atoms with Gasteiger partial charge in [0.15, 0.2) is 11.6 Å². The van der Waals surface area contributed by atoms with Gasteiger partial charge in [0, 0.05) is 5.56 Å². The van der Waals surface area contributed by atoms with Gasteiger partial charge in [-0.05, 0) is 54.9 Å². The monoisotopic (exact) mass is 264 g/mol. The summed E-state index contributed by atoms with van der Waals surface area (Å²) in [5, 5.41) is 0. The Kier molecular flexibility index (Phi) is 2.48. The van der Waals surface area contributed by atoms with Gasteiger partial charge in [0.25, 0.3) is 0 Å². The second-order valence-electron chi connectivity index (χ2n) is 6.35. The predicted molar refractivity (Wildman–Crippen MR) is 67.7 cm³/mol. The second-order valence-corrected chi connectivity index (χ2v) is 6.35. The number of fused-ring (bicyclic) bond motifs is 5. The van der Waals surface area contributed by atoms with Crippen LogP contribution in [-0.2, 0) is 0 Å². The average Bonchev–Trinajstić information content (AvgIpc) is 2.82. The van der Waals surface area contributed by atoms with E-state index in [4.69, 9.17) is 5.84 Å². The standard InChI is InChI=1S/C15H18F2N2/c16-10-3-1-2-9(14(10)17)15(19-18)13-11-7-4-5-8(6-7)12(11)13/h1-3,7-8,11-13,15,19H,4-6,18H2. The summed E-state index contributed by atoms with van der Waals surface area (Å²) in [6, 6.07) is 4.13. The SMILES string of the molecule is NNC(c1cccc(F)c1F)C1C2C3CCC(C3)C21. The number of hydrogen-bond donors (Lipinski definition) is 2. The molecule has 0 saturated heterocycles. The van der Waals surface area contributed by atoms with Crippen molar-refractivity contribution < 1.29 is 8.78 Å². The molecule has 0 radical (unpaired) electrons. The molecule has 3 N–H and O–H groups in total. The maximum Gasteiger partial charge on any atom is 0.163 e. The van der Waals surface area contributed by atoms with Crippen molar-refractivity contribution in [3.05, 3.63) is 35.4 Å². The molecule has 3 saturated carbocycles. The van der Waals surface area contributed by atoms with Crippen LogP contribution in [0.15, 0.2) is 18.2 Å². The molecule has 102 valence electrons. The van der Waals surface area contributed by atoms with Crippen LogP contribution in [0, 0.1) is 41.2 Å². The van der Waals surface area contributed by atoms with Crippen LogP contribution in [0.1, 0.15) is 30.9 Å². The van der Waals surface area contributed by atoms with E-state index < -0.39 is 11.6 Å². The van der Waals surface area contributed by atoms with Gasteiger partial charge >= 0.3 is 0 Å². The van der Waals surface area contributed by atoms with Crippen LogP contribution < -0.4 is 11.3 Å². The number of nitrogens with two attached hydrogens (primary N) is 1. The van der Waals surface area contributed by atoms with Crippen LogP contribution in [-0.4, -0.2) is 0 Å². The van der Waals surface area contributed by atoms with E-state index in [1.165, 1.54) is 19.3 Å². The molecule has 5 unspecified atom stereocenters. The maximum absolute atomic E-state index is 13.9. The molecule has 3 aliphatic rings. The van der Waals surface area contributed by atoms with E-state index >= 15 is 0 Å². The number of hydrogen-bond acceptors (Lipinski definition) is 2. The Hall–Kier alpha value is -1.00. The molecule has 3 fully saturated rings. The van der Waals surface area contributed by atoms with Crippen molar-refractivity contribution in [1.82, 2.24) is 5.43 Å². The highest BCUT2D eigenvalue weighted by Crippen LogP contribution is 2.72. The fraction of sp³-hybridized carbons (Fsp3) is 0.600. The average molecular weight is 264 g/mol. The Morgan fingerprint density at radius 3 is 2.47 bits per heavy atom. The lowest BCUT2D eigenvalue weighted by Crippen LogP contribution is -2.32. The Labute approximate surface area is 111 Å². The maximum atomic E-state index is 13.9. The smallest absolute Gasteiger partial charge is 0.163 e. The molecule has 0 amide bonds. The third kappa shape index (κ3) is 1.53. The minimum Gasteiger partial charge on any atom is -0.271 e. The Balaban J connectivity index is 1.65. The van der Waals surface area contributed by atoms with Crippen molar-refractivity contribution in [1.29, 1.82) is 0 Å². The number of benzene rings is 1. The zero-order valence-electron chi connectivity index (χ0n) is 10.7. The first-order chi connectivity index (χ1) is 9.22. The van der Waals surface area contributed by atoms with E-state index in [-0.39, 0.29) is 6.04 Å². The highest BCUT2D eigenvalue weighted by atomic mass is 19.2. The number of halogens is 2. The first kappa shape index (κ1) is 11.8. The zero-order chi connectivity index (χ0) is 13.1. The molecule has 4 rings (SSSR count).